The smallest absolute Gasteiger partial charge is 0.133 e. The van der Waals surface area contributed by atoms with E-state index in [9.17, 15) is 0 Å². The second-order valence-electron chi connectivity index (χ2n) is 3.33. The third kappa shape index (κ3) is 2.84. The van der Waals surface area contributed by atoms with Crippen LogP contribution in [0.1, 0.15) is 12.8 Å². The van der Waals surface area contributed by atoms with E-state index >= 15 is 0 Å². The van der Waals surface area contributed by atoms with Crippen LogP contribution >= 0.6 is 38.5 Å². The molecule has 0 radical (unpaired) electrons. The molecule has 70 valence electrons. The van der Waals surface area contributed by atoms with Crippen molar-refractivity contribution in [3.05, 3.63) is 26.2 Å². The first-order chi connectivity index (χ1) is 6.25. The summed E-state index contributed by atoms with van der Waals surface area (Å²) in [7, 11) is 0. The van der Waals surface area contributed by atoms with Gasteiger partial charge in [0.05, 0.1) is 11.1 Å². The molecule has 0 aliphatic heterocycles. The lowest BCUT2D eigenvalue weighted by molar-refractivity contribution is 0.298. The molecule has 1 fully saturated rings. The van der Waals surface area contributed by atoms with Crippen molar-refractivity contribution >= 4 is 38.5 Å². The average Bonchev–Trinajstić information content (AvgIpc) is 2.86. The van der Waals surface area contributed by atoms with Crippen LogP contribution in [0.5, 0.6) is 5.75 Å². The van der Waals surface area contributed by atoms with Crippen LogP contribution in [-0.4, -0.2) is 6.61 Å². The molecule has 0 saturated heterocycles. The molecule has 0 N–H and O–H groups in total. The van der Waals surface area contributed by atoms with Crippen molar-refractivity contribution in [3.63, 3.8) is 0 Å². The van der Waals surface area contributed by atoms with Crippen LogP contribution in [-0.2, 0) is 0 Å². The molecule has 0 heterocycles. The minimum atomic E-state index is 0.811. The topological polar surface area (TPSA) is 9.23 Å². The summed E-state index contributed by atoms with van der Waals surface area (Å²) >= 11 is 5.78. The highest BCUT2D eigenvalue weighted by Crippen LogP contribution is 2.32. The van der Waals surface area contributed by atoms with E-state index in [1.807, 2.05) is 6.07 Å². The molecule has 1 aliphatic rings. The Balaban J connectivity index is 2.01. The highest BCUT2D eigenvalue weighted by molar-refractivity contribution is 14.1. The summed E-state index contributed by atoms with van der Waals surface area (Å²) < 4.78 is 7.95. The lowest BCUT2D eigenvalue weighted by Crippen LogP contribution is -1.99. The zero-order valence-electron chi connectivity index (χ0n) is 7.09. The molecule has 0 aromatic heterocycles. The summed E-state index contributed by atoms with van der Waals surface area (Å²) in [5.41, 5.74) is 0. The zero-order chi connectivity index (χ0) is 9.26. The van der Waals surface area contributed by atoms with Crippen molar-refractivity contribution in [3.8, 4) is 5.75 Å². The largest absolute Gasteiger partial charge is 0.492 e. The molecular weight excluding hydrogens is 343 g/mol. The lowest BCUT2D eigenvalue weighted by Gasteiger charge is -2.07. The summed E-state index contributed by atoms with van der Waals surface area (Å²) in [6, 6.07) is 6.16. The normalized spacial score (nSPS) is 15.8. The van der Waals surface area contributed by atoms with Crippen molar-refractivity contribution in [2.24, 2.45) is 5.92 Å². The molecule has 3 heteroatoms. The van der Waals surface area contributed by atoms with Crippen LogP contribution in [0.15, 0.2) is 22.7 Å². The molecule has 1 saturated carbocycles. The van der Waals surface area contributed by atoms with E-state index < -0.39 is 0 Å². The molecule has 2 rings (SSSR count). The lowest BCUT2D eigenvalue weighted by atomic mass is 10.3. The van der Waals surface area contributed by atoms with Gasteiger partial charge in [-0.15, -0.1) is 0 Å². The monoisotopic (exact) mass is 352 g/mol. The van der Waals surface area contributed by atoms with Crippen LogP contribution in [0.4, 0.5) is 0 Å². The van der Waals surface area contributed by atoms with Crippen LogP contribution < -0.4 is 4.74 Å². The second kappa shape index (κ2) is 4.17. The van der Waals surface area contributed by atoms with E-state index in [2.05, 4.69) is 50.7 Å². The van der Waals surface area contributed by atoms with Gasteiger partial charge in [0.25, 0.3) is 0 Å². The Labute approximate surface area is 100 Å². The maximum atomic E-state index is 5.67. The summed E-state index contributed by atoms with van der Waals surface area (Å²) in [6.07, 6.45) is 2.67. The summed E-state index contributed by atoms with van der Waals surface area (Å²) in [6.45, 7) is 0.874. The quantitative estimate of drug-likeness (QED) is 0.751. The third-order valence-corrected chi connectivity index (χ3v) is 3.36. The van der Waals surface area contributed by atoms with E-state index in [0.29, 0.717) is 0 Å². The van der Waals surface area contributed by atoms with Gasteiger partial charge in [0.1, 0.15) is 5.75 Å². The fourth-order valence-corrected chi connectivity index (χ4v) is 2.50. The van der Waals surface area contributed by atoms with Gasteiger partial charge < -0.3 is 4.74 Å². The van der Waals surface area contributed by atoms with Gasteiger partial charge in [-0.25, -0.2) is 0 Å². The van der Waals surface area contributed by atoms with Gasteiger partial charge in [-0.2, -0.15) is 0 Å². The zero-order valence-corrected chi connectivity index (χ0v) is 10.8. The van der Waals surface area contributed by atoms with Gasteiger partial charge in [0.2, 0.25) is 0 Å². The van der Waals surface area contributed by atoms with Crippen molar-refractivity contribution in [2.75, 3.05) is 6.61 Å². The first-order valence-corrected chi connectivity index (χ1v) is 6.21. The number of halogens is 2. The number of hydrogen-bond donors (Lipinski definition) is 0. The highest BCUT2D eigenvalue weighted by atomic mass is 127. The average molecular weight is 353 g/mol. The van der Waals surface area contributed by atoms with Crippen LogP contribution in [0.2, 0.25) is 0 Å². The summed E-state index contributed by atoms with van der Waals surface area (Å²) in [5, 5.41) is 0. The van der Waals surface area contributed by atoms with E-state index in [1.54, 1.807) is 0 Å². The molecule has 1 aromatic carbocycles. The minimum Gasteiger partial charge on any atom is -0.492 e. The SMILES string of the molecule is Brc1cc(I)ccc1OCC1CC1. The molecule has 0 spiro atoms. The molecule has 1 aromatic rings. The highest BCUT2D eigenvalue weighted by Gasteiger charge is 2.22. The van der Waals surface area contributed by atoms with Gasteiger partial charge in [0, 0.05) is 3.57 Å². The predicted molar refractivity (Wildman–Crippen MR) is 65.1 cm³/mol. The fraction of sp³-hybridized carbons (Fsp3) is 0.400. The maximum absolute atomic E-state index is 5.67. The molecule has 1 nitrogen and oxygen atoms in total. The van der Waals surface area contributed by atoms with Crippen molar-refractivity contribution in [1.82, 2.24) is 0 Å². The van der Waals surface area contributed by atoms with Gasteiger partial charge in [-0.3, -0.25) is 0 Å². The van der Waals surface area contributed by atoms with Crippen molar-refractivity contribution < 1.29 is 4.74 Å². The molecule has 0 amide bonds. The Bertz CT molecular complexity index is 310. The van der Waals surface area contributed by atoms with E-state index in [-0.39, 0.29) is 0 Å². The Morgan fingerprint density at radius 3 is 2.85 bits per heavy atom. The van der Waals surface area contributed by atoms with E-state index in [1.165, 1.54) is 16.4 Å². The second-order valence-corrected chi connectivity index (χ2v) is 5.43. The summed E-state index contributed by atoms with van der Waals surface area (Å²) in [4.78, 5) is 0. The third-order valence-electron chi connectivity index (χ3n) is 2.07. The predicted octanol–water partition coefficient (Wildman–Crippen LogP) is 3.84. The van der Waals surface area contributed by atoms with Gasteiger partial charge >= 0.3 is 0 Å². The molecule has 0 unspecified atom stereocenters. The van der Waals surface area contributed by atoms with Crippen molar-refractivity contribution in [2.45, 2.75) is 12.8 Å². The summed E-state index contributed by atoms with van der Waals surface area (Å²) in [5.74, 6) is 1.78. The molecule has 1 aliphatic carbocycles. The van der Waals surface area contributed by atoms with Crippen LogP contribution in [0.3, 0.4) is 0 Å². The van der Waals surface area contributed by atoms with E-state index in [4.69, 9.17) is 4.74 Å². The Hall–Kier alpha value is 0.230. The first kappa shape index (κ1) is 9.77. The van der Waals surface area contributed by atoms with Crippen LogP contribution in [0.25, 0.3) is 0 Å². The van der Waals surface area contributed by atoms with Gasteiger partial charge in [-0.05, 0) is 75.5 Å². The standard InChI is InChI=1S/C10H10BrIO/c11-9-5-8(12)3-4-10(9)13-6-7-1-2-7/h3-5,7H,1-2,6H2. The minimum absolute atomic E-state index is 0.811. The Morgan fingerprint density at radius 1 is 1.46 bits per heavy atom. The van der Waals surface area contributed by atoms with E-state index in [0.717, 1.165) is 22.7 Å². The number of benzene rings is 1. The van der Waals surface area contributed by atoms with Crippen molar-refractivity contribution in [1.29, 1.82) is 0 Å². The fourth-order valence-electron chi connectivity index (χ4n) is 1.08. The Kier molecular flexibility index (Phi) is 3.14. The Morgan fingerprint density at radius 2 is 2.23 bits per heavy atom. The number of rotatable bonds is 3. The molecule has 0 bridgehead atoms. The maximum Gasteiger partial charge on any atom is 0.133 e. The van der Waals surface area contributed by atoms with Gasteiger partial charge in [-0.1, -0.05) is 0 Å². The van der Waals surface area contributed by atoms with Gasteiger partial charge in [0.15, 0.2) is 0 Å². The number of hydrogen-bond acceptors (Lipinski definition) is 1. The molecule has 0 atom stereocenters. The first-order valence-electron chi connectivity index (χ1n) is 4.33. The molecular formula is C10H10BrIO. The van der Waals surface area contributed by atoms with Crippen LogP contribution in [0, 0.1) is 9.49 Å². The molecule has 13 heavy (non-hydrogen) atoms. The number of ether oxygens (including phenoxy) is 1.